The molecule has 1 aromatic rings. The van der Waals surface area contributed by atoms with Crippen LogP contribution < -0.4 is 10.1 Å². The van der Waals surface area contributed by atoms with Crippen LogP contribution in [-0.4, -0.2) is 44.4 Å². The lowest BCUT2D eigenvalue weighted by Crippen LogP contribution is -2.45. The molecule has 0 amide bonds. The average molecular weight is 393 g/mol. The first-order chi connectivity index (χ1) is 10.4. The molecule has 140 valence electrons. The molecule has 1 heterocycles. The number of benzene rings is 1. The van der Waals surface area contributed by atoms with E-state index < -0.39 is 24.5 Å². The number of hydrogen-bond acceptors (Lipinski definition) is 3. The third-order valence-corrected chi connectivity index (χ3v) is 3.86. The molecular formula is C15H22Cl2F4N2O. The number of nitrogens with zero attached hydrogens (tertiary/aromatic N) is 1. The second-order valence-corrected chi connectivity index (χ2v) is 5.34. The van der Waals surface area contributed by atoms with Crippen LogP contribution in [0.1, 0.15) is 24.4 Å². The maximum absolute atomic E-state index is 14.3. The van der Waals surface area contributed by atoms with Gasteiger partial charge in [0.2, 0.25) is 0 Å². The summed E-state index contributed by atoms with van der Waals surface area (Å²) in [6.07, 6.45) is -5.31. The molecule has 1 N–H and O–H groups in total. The van der Waals surface area contributed by atoms with Gasteiger partial charge in [0.05, 0.1) is 7.11 Å². The molecule has 1 aliphatic heterocycles. The van der Waals surface area contributed by atoms with Gasteiger partial charge in [-0.05, 0) is 12.5 Å². The van der Waals surface area contributed by atoms with E-state index in [-0.39, 0.29) is 31.2 Å². The number of piperazine rings is 1. The zero-order valence-electron chi connectivity index (χ0n) is 13.2. The molecule has 0 spiro atoms. The summed E-state index contributed by atoms with van der Waals surface area (Å²) in [4.78, 5) is 1.91. The smallest absolute Gasteiger partial charge is 0.389 e. The van der Waals surface area contributed by atoms with E-state index in [4.69, 9.17) is 4.74 Å². The van der Waals surface area contributed by atoms with E-state index in [0.717, 1.165) is 0 Å². The minimum absolute atomic E-state index is 0. The monoisotopic (exact) mass is 392 g/mol. The first-order valence-electron chi connectivity index (χ1n) is 7.25. The lowest BCUT2D eigenvalue weighted by Gasteiger charge is -2.35. The van der Waals surface area contributed by atoms with Crippen molar-refractivity contribution in [1.29, 1.82) is 0 Å². The quantitative estimate of drug-likeness (QED) is 0.767. The van der Waals surface area contributed by atoms with Gasteiger partial charge in [0.1, 0.15) is 11.6 Å². The zero-order valence-corrected chi connectivity index (χ0v) is 14.9. The van der Waals surface area contributed by atoms with E-state index in [1.54, 1.807) is 6.07 Å². The van der Waals surface area contributed by atoms with Gasteiger partial charge in [-0.1, -0.05) is 6.07 Å². The summed E-state index contributed by atoms with van der Waals surface area (Å²) in [6.45, 7) is 2.60. The minimum atomic E-state index is -4.24. The number of ether oxygens (including phenoxy) is 1. The molecule has 1 aromatic carbocycles. The van der Waals surface area contributed by atoms with Gasteiger partial charge in [0.15, 0.2) is 0 Å². The minimum Gasteiger partial charge on any atom is -0.497 e. The molecule has 0 unspecified atom stereocenters. The highest BCUT2D eigenvalue weighted by molar-refractivity contribution is 5.85. The number of halogens is 6. The van der Waals surface area contributed by atoms with Gasteiger partial charge in [0, 0.05) is 50.3 Å². The fraction of sp³-hybridized carbons (Fsp3) is 0.600. The standard InChI is InChI=1S/C15H20F4N2O.2ClH/c1-22-11-2-3-12(13(16)10-11)14(4-5-15(17,18)19)21-8-6-20-7-9-21;;/h2-3,10,14,20H,4-9H2,1H3;2*1H/t14-;;/m1../s1. The average Bonchev–Trinajstić information content (AvgIpc) is 2.48. The molecule has 1 fully saturated rings. The molecule has 1 aliphatic rings. The first kappa shape index (κ1) is 23.2. The lowest BCUT2D eigenvalue weighted by atomic mass is 9.98. The van der Waals surface area contributed by atoms with Crippen LogP contribution in [0.15, 0.2) is 18.2 Å². The van der Waals surface area contributed by atoms with E-state index >= 15 is 0 Å². The van der Waals surface area contributed by atoms with Crippen LogP contribution in [0.4, 0.5) is 17.6 Å². The summed E-state index contributed by atoms with van der Waals surface area (Å²) < 4.78 is 56.9. The van der Waals surface area contributed by atoms with Gasteiger partial charge in [0.25, 0.3) is 0 Å². The number of nitrogens with one attached hydrogen (secondary N) is 1. The van der Waals surface area contributed by atoms with Crippen molar-refractivity contribution in [1.82, 2.24) is 10.2 Å². The van der Waals surface area contributed by atoms with Crippen LogP contribution in [0, 0.1) is 5.82 Å². The number of alkyl halides is 3. The van der Waals surface area contributed by atoms with Crippen molar-refractivity contribution in [3.8, 4) is 5.75 Å². The molecule has 0 saturated carbocycles. The van der Waals surface area contributed by atoms with Gasteiger partial charge in [-0.2, -0.15) is 13.2 Å². The molecule has 0 aromatic heterocycles. The lowest BCUT2D eigenvalue weighted by molar-refractivity contribution is -0.138. The molecule has 2 rings (SSSR count). The Bertz CT molecular complexity index is 497. The summed E-state index contributed by atoms with van der Waals surface area (Å²) >= 11 is 0. The molecule has 9 heteroatoms. The molecule has 1 atom stereocenters. The maximum Gasteiger partial charge on any atom is 0.389 e. The van der Waals surface area contributed by atoms with Crippen molar-refractivity contribution in [2.45, 2.75) is 25.1 Å². The van der Waals surface area contributed by atoms with E-state index in [1.165, 1.54) is 19.2 Å². The van der Waals surface area contributed by atoms with Gasteiger partial charge < -0.3 is 10.1 Å². The Labute approximate surface area is 151 Å². The van der Waals surface area contributed by atoms with E-state index in [0.29, 0.717) is 37.5 Å². The molecule has 0 radical (unpaired) electrons. The molecule has 24 heavy (non-hydrogen) atoms. The fourth-order valence-corrected chi connectivity index (χ4v) is 2.73. The topological polar surface area (TPSA) is 24.5 Å². The summed E-state index contributed by atoms with van der Waals surface area (Å²) in [7, 11) is 1.42. The summed E-state index contributed by atoms with van der Waals surface area (Å²) in [5.74, 6) is -0.166. The highest BCUT2D eigenvalue weighted by Crippen LogP contribution is 2.33. The largest absolute Gasteiger partial charge is 0.497 e. The van der Waals surface area contributed by atoms with Crippen molar-refractivity contribution in [3.05, 3.63) is 29.6 Å². The predicted molar refractivity (Wildman–Crippen MR) is 89.9 cm³/mol. The number of hydrogen-bond donors (Lipinski definition) is 1. The van der Waals surface area contributed by atoms with Crippen LogP contribution in [0.5, 0.6) is 5.75 Å². The Balaban J connectivity index is 0.00000264. The van der Waals surface area contributed by atoms with Crippen LogP contribution in [-0.2, 0) is 0 Å². The Morgan fingerprint density at radius 1 is 1.21 bits per heavy atom. The van der Waals surface area contributed by atoms with Crippen LogP contribution in [0.3, 0.4) is 0 Å². The third kappa shape index (κ3) is 6.63. The Morgan fingerprint density at radius 3 is 2.33 bits per heavy atom. The molecule has 0 bridgehead atoms. The van der Waals surface area contributed by atoms with Gasteiger partial charge in [-0.3, -0.25) is 4.90 Å². The van der Waals surface area contributed by atoms with Gasteiger partial charge in [-0.15, -0.1) is 24.8 Å². The zero-order chi connectivity index (χ0) is 16.2. The highest BCUT2D eigenvalue weighted by atomic mass is 35.5. The normalized spacial score (nSPS) is 16.7. The fourth-order valence-electron chi connectivity index (χ4n) is 2.73. The molecule has 1 saturated heterocycles. The van der Waals surface area contributed by atoms with E-state index in [2.05, 4.69) is 5.32 Å². The molecule has 0 aliphatic carbocycles. The third-order valence-electron chi connectivity index (χ3n) is 3.86. The number of rotatable bonds is 5. The Morgan fingerprint density at radius 2 is 1.83 bits per heavy atom. The summed E-state index contributed by atoms with van der Waals surface area (Å²) in [5.41, 5.74) is 0.298. The van der Waals surface area contributed by atoms with Crippen LogP contribution >= 0.6 is 24.8 Å². The molecule has 3 nitrogen and oxygen atoms in total. The summed E-state index contributed by atoms with van der Waals surface area (Å²) in [5, 5.41) is 3.15. The maximum atomic E-state index is 14.3. The Kier molecular flexibility index (Phi) is 9.96. The van der Waals surface area contributed by atoms with Crippen molar-refractivity contribution in [2.24, 2.45) is 0 Å². The van der Waals surface area contributed by atoms with Crippen LogP contribution in [0.25, 0.3) is 0 Å². The molecular weight excluding hydrogens is 371 g/mol. The van der Waals surface area contributed by atoms with Crippen molar-refractivity contribution >= 4 is 24.8 Å². The second-order valence-electron chi connectivity index (χ2n) is 5.34. The Hall–Kier alpha value is -0.760. The van der Waals surface area contributed by atoms with E-state index in [1.807, 2.05) is 4.90 Å². The van der Waals surface area contributed by atoms with Crippen LogP contribution in [0.2, 0.25) is 0 Å². The van der Waals surface area contributed by atoms with Crippen molar-refractivity contribution < 1.29 is 22.3 Å². The van der Waals surface area contributed by atoms with E-state index in [9.17, 15) is 17.6 Å². The second kappa shape index (κ2) is 10.3. The predicted octanol–water partition coefficient (Wildman–Crippen LogP) is 3.97. The highest BCUT2D eigenvalue weighted by Gasteiger charge is 2.32. The van der Waals surface area contributed by atoms with Gasteiger partial charge >= 0.3 is 6.18 Å². The van der Waals surface area contributed by atoms with Crippen molar-refractivity contribution in [3.63, 3.8) is 0 Å². The SMILES string of the molecule is COc1ccc([C@@H](CCC(F)(F)F)N2CCNCC2)c(F)c1.Cl.Cl. The first-order valence-corrected chi connectivity index (χ1v) is 7.25. The number of methoxy groups -OCH3 is 1. The van der Waals surface area contributed by atoms with Gasteiger partial charge in [-0.25, -0.2) is 4.39 Å². The summed E-state index contributed by atoms with van der Waals surface area (Å²) in [6, 6.07) is 3.76. The van der Waals surface area contributed by atoms with Crippen molar-refractivity contribution in [2.75, 3.05) is 33.3 Å².